The summed E-state index contributed by atoms with van der Waals surface area (Å²) in [7, 11) is 0. The van der Waals surface area contributed by atoms with Crippen molar-refractivity contribution in [2.45, 2.75) is 13.0 Å². The van der Waals surface area contributed by atoms with Crippen LogP contribution in [-0.2, 0) is 4.79 Å². The largest absolute Gasteiger partial charge is 0.490 e. The summed E-state index contributed by atoms with van der Waals surface area (Å²) in [6.07, 6.45) is 1.62. The highest BCUT2D eigenvalue weighted by molar-refractivity contribution is 5.97. The molecule has 2 aromatic rings. The van der Waals surface area contributed by atoms with Crippen LogP contribution in [0.4, 0.5) is 14.9 Å². The third kappa shape index (κ3) is 5.22. The minimum atomic E-state index is -0.822. The Morgan fingerprint density at radius 1 is 1.19 bits per heavy atom. The number of amides is 3. The molecule has 7 nitrogen and oxygen atoms in total. The Bertz CT molecular complexity index is 991. The van der Waals surface area contributed by atoms with Crippen LogP contribution in [0.1, 0.15) is 18.5 Å². The van der Waals surface area contributed by atoms with Gasteiger partial charge in [-0.15, -0.1) is 0 Å². The smallest absolute Gasteiger partial charge is 0.319 e. The van der Waals surface area contributed by atoms with Crippen LogP contribution < -0.4 is 25.4 Å². The fourth-order valence-corrected chi connectivity index (χ4v) is 3.28. The molecular formula is C23H24FN3O4. The van der Waals surface area contributed by atoms with Crippen molar-refractivity contribution in [2.75, 3.05) is 18.5 Å². The second kappa shape index (κ2) is 9.80. The lowest BCUT2D eigenvalue weighted by Gasteiger charge is -2.34. The van der Waals surface area contributed by atoms with Crippen molar-refractivity contribution >= 4 is 17.6 Å². The molecule has 0 unspecified atom stereocenters. The maximum Gasteiger partial charge on any atom is 0.319 e. The molecule has 1 heterocycles. The van der Waals surface area contributed by atoms with E-state index in [4.69, 9.17) is 9.47 Å². The number of rotatable bonds is 8. The molecule has 0 radical (unpaired) electrons. The summed E-state index contributed by atoms with van der Waals surface area (Å²) in [4.78, 5) is 25.2. The zero-order valence-electron chi connectivity index (χ0n) is 17.1. The fraction of sp³-hybridized carbons (Fsp3) is 0.217. The molecule has 3 N–H and O–H groups in total. The average molecular weight is 425 g/mol. The first kappa shape index (κ1) is 21.9. The number of ether oxygens (including phenoxy) is 2. The van der Waals surface area contributed by atoms with Gasteiger partial charge in [0.05, 0.1) is 12.6 Å². The van der Waals surface area contributed by atoms with E-state index in [0.29, 0.717) is 36.0 Å². The van der Waals surface area contributed by atoms with E-state index in [-0.39, 0.29) is 5.70 Å². The molecule has 31 heavy (non-hydrogen) atoms. The summed E-state index contributed by atoms with van der Waals surface area (Å²) >= 11 is 0. The normalized spacial score (nSPS) is 17.9. The van der Waals surface area contributed by atoms with Gasteiger partial charge in [-0.2, -0.15) is 0 Å². The quantitative estimate of drug-likeness (QED) is 0.560. The van der Waals surface area contributed by atoms with Gasteiger partial charge in [-0.25, -0.2) is 9.18 Å². The van der Waals surface area contributed by atoms with Gasteiger partial charge >= 0.3 is 6.03 Å². The van der Waals surface area contributed by atoms with E-state index in [1.165, 1.54) is 24.3 Å². The highest BCUT2D eigenvalue weighted by atomic mass is 19.1. The van der Waals surface area contributed by atoms with Crippen LogP contribution in [0.25, 0.3) is 0 Å². The number of carbonyl (C=O) groups is 2. The van der Waals surface area contributed by atoms with Crippen molar-refractivity contribution in [3.8, 4) is 11.5 Å². The molecule has 2 atom stereocenters. The molecule has 0 aromatic heterocycles. The third-order valence-electron chi connectivity index (χ3n) is 4.65. The van der Waals surface area contributed by atoms with Gasteiger partial charge in [-0.3, -0.25) is 4.79 Å². The first-order valence-corrected chi connectivity index (χ1v) is 9.76. The van der Waals surface area contributed by atoms with E-state index < -0.39 is 29.7 Å². The van der Waals surface area contributed by atoms with E-state index >= 15 is 0 Å². The zero-order chi connectivity index (χ0) is 22.4. The second-order valence-corrected chi connectivity index (χ2v) is 6.81. The van der Waals surface area contributed by atoms with E-state index in [2.05, 4.69) is 29.1 Å². The van der Waals surface area contributed by atoms with E-state index in [0.717, 1.165) is 0 Å². The van der Waals surface area contributed by atoms with E-state index in [1.807, 2.05) is 6.92 Å². The lowest BCUT2D eigenvalue weighted by Crippen LogP contribution is -2.51. The van der Waals surface area contributed by atoms with Crippen LogP contribution >= 0.6 is 0 Å². The fourth-order valence-electron chi connectivity index (χ4n) is 3.28. The zero-order valence-corrected chi connectivity index (χ0v) is 17.1. The van der Waals surface area contributed by atoms with Crippen LogP contribution in [0, 0.1) is 11.7 Å². The van der Waals surface area contributed by atoms with Crippen molar-refractivity contribution < 1.29 is 23.5 Å². The molecule has 3 rings (SSSR count). The summed E-state index contributed by atoms with van der Waals surface area (Å²) in [5.74, 6) is -0.625. The molecule has 0 saturated carbocycles. The Labute approximate surface area is 179 Å². The Morgan fingerprint density at radius 3 is 2.61 bits per heavy atom. The van der Waals surface area contributed by atoms with Crippen molar-refractivity contribution in [2.24, 2.45) is 5.92 Å². The minimum Gasteiger partial charge on any atom is -0.490 e. The molecule has 3 amide bonds. The minimum absolute atomic E-state index is 0.248. The summed E-state index contributed by atoms with van der Waals surface area (Å²) in [6.45, 7) is 10.1. The molecule has 0 bridgehead atoms. The number of anilines is 1. The Kier molecular flexibility index (Phi) is 6.92. The average Bonchev–Trinajstić information content (AvgIpc) is 2.74. The molecule has 2 aromatic carbocycles. The second-order valence-electron chi connectivity index (χ2n) is 6.81. The van der Waals surface area contributed by atoms with Gasteiger partial charge in [0.25, 0.3) is 0 Å². The first-order chi connectivity index (χ1) is 14.9. The molecule has 1 saturated heterocycles. The number of hydrogen-bond donors (Lipinski definition) is 3. The van der Waals surface area contributed by atoms with Crippen LogP contribution in [0.5, 0.6) is 11.5 Å². The molecule has 1 aliphatic heterocycles. The van der Waals surface area contributed by atoms with Crippen LogP contribution in [-0.4, -0.2) is 25.2 Å². The Morgan fingerprint density at radius 2 is 1.94 bits per heavy atom. The maximum absolute atomic E-state index is 13.2. The van der Waals surface area contributed by atoms with Gasteiger partial charge in [0.2, 0.25) is 5.91 Å². The van der Waals surface area contributed by atoms with E-state index in [9.17, 15) is 14.0 Å². The standard InChI is InChI=1S/C23H24FN3O4/c1-4-12-31-18-11-6-15(13-19(18)30-5-2)21-20(14(3)25-23(29)27-21)22(28)26-17-9-7-16(24)8-10-17/h4,6-11,13,20-21H,1,3,5,12H2,2H3,(H,26,28)(H2,25,27,29)/t20-,21+/m1/s1. The maximum atomic E-state index is 13.2. The number of nitrogens with one attached hydrogen (secondary N) is 3. The van der Waals surface area contributed by atoms with Crippen molar-refractivity contribution in [1.29, 1.82) is 0 Å². The highest BCUT2D eigenvalue weighted by Crippen LogP contribution is 2.36. The van der Waals surface area contributed by atoms with Crippen molar-refractivity contribution in [1.82, 2.24) is 10.6 Å². The van der Waals surface area contributed by atoms with Gasteiger partial charge < -0.3 is 25.4 Å². The third-order valence-corrected chi connectivity index (χ3v) is 4.65. The molecule has 0 spiro atoms. The van der Waals surface area contributed by atoms with Crippen LogP contribution in [0.2, 0.25) is 0 Å². The topological polar surface area (TPSA) is 88.7 Å². The first-order valence-electron chi connectivity index (χ1n) is 9.76. The van der Waals surface area contributed by atoms with Gasteiger partial charge in [0.1, 0.15) is 18.3 Å². The Balaban J connectivity index is 1.91. The molecule has 1 fully saturated rings. The van der Waals surface area contributed by atoms with E-state index in [1.54, 1.807) is 24.3 Å². The monoisotopic (exact) mass is 425 g/mol. The summed E-state index contributed by atoms with van der Waals surface area (Å²) in [5.41, 5.74) is 1.32. The van der Waals surface area contributed by atoms with Gasteiger partial charge in [0, 0.05) is 11.4 Å². The molecule has 162 valence electrons. The number of halogens is 1. The van der Waals surface area contributed by atoms with Gasteiger partial charge in [-0.05, 0) is 48.9 Å². The number of benzene rings is 2. The van der Waals surface area contributed by atoms with Crippen molar-refractivity contribution in [3.05, 3.63) is 78.8 Å². The molecule has 8 heteroatoms. The number of carbonyl (C=O) groups excluding carboxylic acids is 2. The predicted octanol–water partition coefficient (Wildman–Crippen LogP) is 3.91. The van der Waals surface area contributed by atoms with Crippen molar-refractivity contribution in [3.63, 3.8) is 0 Å². The summed E-state index contributed by atoms with van der Waals surface area (Å²) < 4.78 is 24.5. The summed E-state index contributed by atoms with van der Waals surface area (Å²) in [6, 6.07) is 9.44. The molecule has 0 aliphatic carbocycles. The van der Waals surface area contributed by atoms with Crippen LogP contribution in [0.15, 0.2) is 67.4 Å². The van der Waals surface area contributed by atoms with Gasteiger partial charge in [-0.1, -0.05) is 25.3 Å². The summed E-state index contributed by atoms with van der Waals surface area (Å²) in [5, 5.41) is 8.07. The predicted molar refractivity (Wildman–Crippen MR) is 115 cm³/mol. The lowest BCUT2D eigenvalue weighted by molar-refractivity contribution is -0.119. The van der Waals surface area contributed by atoms with Crippen LogP contribution in [0.3, 0.4) is 0 Å². The lowest BCUT2D eigenvalue weighted by atomic mass is 9.88. The highest BCUT2D eigenvalue weighted by Gasteiger charge is 2.38. The van der Waals surface area contributed by atoms with Gasteiger partial charge in [0.15, 0.2) is 11.5 Å². The Hall–Kier alpha value is -3.81. The molecule has 1 aliphatic rings. The molecular weight excluding hydrogens is 401 g/mol. The number of hydrogen-bond acceptors (Lipinski definition) is 4. The SMILES string of the molecule is C=CCOc1ccc([C@@H]2NC(=O)NC(=C)[C@H]2C(=O)Nc2ccc(F)cc2)cc1OCC. The number of urea groups is 1.